The molecular formula is C15H18ClN3O2. The molecule has 21 heavy (non-hydrogen) atoms. The van der Waals surface area contributed by atoms with Gasteiger partial charge in [-0.1, -0.05) is 29.8 Å². The molecule has 0 aromatic heterocycles. The third kappa shape index (κ3) is 2.76. The van der Waals surface area contributed by atoms with Crippen LogP contribution in [-0.4, -0.2) is 65.8 Å². The molecule has 6 heteroatoms. The van der Waals surface area contributed by atoms with Crippen LogP contribution in [0, 0.1) is 0 Å². The summed E-state index contributed by atoms with van der Waals surface area (Å²) in [5.74, 6) is 0.0675. The summed E-state index contributed by atoms with van der Waals surface area (Å²) in [7, 11) is 1.69. The zero-order chi connectivity index (χ0) is 15.0. The molecule has 1 atom stereocenters. The van der Waals surface area contributed by atoms with Gasteiger partial charge in [0.15, 0.2) is 0 Å². The van der Waals surface area contributed by atoms with Crippen molar-refractivity contribution in [3.05, 3.63) is 34.9 Å². The van der Waals surface area contributed by atoms with Crippen molar-refractivity contribution in [2.24, 2.45) is 0 Å². The van der Waals surface area contributed by atoms with E-state index in [0.29, 0.717) is 19.6 Å². The Kier molecular flexibility index (Phi) is 3.87. The second-order valence-corrected chi connectivity index (χ2v) is 6.03. The largest absolute Gasteiger partial charge is 0.335 e. The number of carbonyl (C=O) groups excluding carboxylic acids is 2. The van der Waals surface area contributed by atoms with Gasteiger partial charge in [-0.05, 0) is 11.6 Å². The van der Waals surface area contributed by atoms with Gasteiger partial charge in [0.1, 0.15) is 6.04 Å². The quantitative estimate of drug-likeness (QED) is 0.813. The highest BCUT2D eigenvalue weighted by molar-refractivity contribution is 6.31. The van der Waals surface area contributed by atoms with Gasteiger partial charge in [-0.2, -0.15) is 0 Å². The van der Waals surface area contributed by atoms with Crippen LogP contribution in [-0.2, 0) is 16.1 Å². The fourth-order valence-corrected chi connectivity index (χ4v) is 3.18. The molecular weight excluding hydrogens is 290 g/mol. The lowest BCUT2D eigenvalue weighted by Crippen LogP contribution is -2.65. The fraction of sp³-hybridized carbons (Fsp3) is 0.467. The Bertz CT molecular complexity index is 578. The van der Waals surface area contributed by atoms with Crippen molar-refractivity contribution in [1.29, 1.82) is 0 Å². The molecule has 2 saturated heterocycles. The van der Waals surface area contributed by atoms with Crippen LogP contribution in [0.4, 0.5) is 0 Å². The van der Waals surface area contributed by atoms with E-state index in [4.69, 9.17) is 11.6 Å². The summed E-state index contributed by atoms with van der Waals surface area (Å²) in [5, 5.41) is 0.739. The Morgan fingerprint density at radius 1 is 1.24 bits per heavy atom. The smallest absolute Gasteiger partial charge is 0.246 e. The summed E-state index contributed by atoms with van der Waals surface area (Å²) in [6, 6.07) is 7.38. The molecule has 0 aliphatic carbocycles. The number of carbonyl (C=O) groups is 2. The molecule has 0 saturated carbocycles. The molecule has 1 aromatic carbocycles. The number of nitrogens with zero attached hydrogens (tertiary/aromatic N) is 3. The second-order valence-electron chi connectivity index (χ2n) is 5.62. The summed E-state index contributed by atoms with van der Waals surface area (Å²) < 4.78 is 0. The molecule has 0 unspecified atom stereocenters. The van der Waals surface area contributed by atoms with Gasteiger partial charge in [-0.15, -0.1) is 0 Å². The number of piperazine rings is 2. The van der Waals surface area contributed by atoms with Crippen molar-refractivity contribution in [2.75, 3.05) is 33.2 Å². The van der Waals surface area contributed by atoms with Crippen LogP contribution in [0.3, 0.4) is 0 Å². The van der Waals surface area contributed by atoms with Crippen molar-refractivity contribution < 1.29 is 9.59 Å². The monoisotopic (exact) mass is 307 g/mol. The van der Waals surface area contributed by atoms with Crippen LogP contribution in [0.2, 0.25) is 5.02 Å². The lowest BCUT2D eigenvalue weighted by atomic mass is 10.1. The average Bonchev–Trinajstić information content (AvgIpc) is 2.47. The van der Waals surface area contributed by atoms with E-state index in [9.17, 15) is 9.59 Å². The number of likely N-dealkylation sites (N-methyl/N-ethyl adjacent to an activating group) is 1. The van der Waals surface area contributed by atoms with E-state index in [1.165, 1.54) is 4.90 Å². The Morgan fingerprint density at radius 3 is 2.76 bits per heavy atom. The third-order valence-corrected chi connectivity index (χ3v) is 4.54. The van der Waals surface area contributed by atoms with Gasteiger partial charge in [0.25, 0.3) is 0 Å². The molecule has 2 amide bonds. The van der Waals surface area contributed by atoms with E-state index in [2.05, 4.69) is 4.90 Å². The van der Waals surface area contributed by atoms with Crippen LogP contribution in [0.15, 0.2) is 24.3 Å². The molecule has 0 bridgehead atoms. The number of hydrogen-bond donors (Lipinski definition) is 0. The number of halogens is 1. The zero-order valence-corrected chi connectivity index (χ0v) is 12.7. The summed E-state index contributed by atoms with van der Waals surface area (Å²) >= 11 is 6.19. The van der Waals surface area contributed by atoms with E-state index < -0.39 is 0 Å². The van der Waals surface area contributed by atoms with Crippen molar-refractivity contribution in [1.82, 2.24) is 14.7 Å². The standard InChI is InChI=1S/C15H18ClN3O2/c1-17-10-14(20)19-7-6-18(9-13(19)15(17)21)8-11-4-2-3-5-12(11)16/h2-5,13H,6-10H2,1H3/t13-/m1/s1. The first kappa shape index (κ1) is 14.4. The first-order chi connectivity index (χ1) is 10.1. The number of benzene rings is 1. The van der Waals surface area contributed by atoms with E-state index in [-0.39, 0.29) is 24.4 Å². The number of hydrogen-bond acceptors (Lipinski definition) is 3. The maximum absolute atomic E-state index is 12.2. The molecule has 112 valence electrons. The van der Waals surface area contributed by atoms with Crippen LogP contribution < -0.4 is 0 Å². The van der Waals surface area contributed by atoms with Gasteiger partial charge in [-0.25, -0.2) is 0 Å². The molecule has 5 nitrogen and oxygen atoms in total. The molecule has 0 spiro atoms. The van der Waals surface area contributed by atoms with Crippen LogP contribution in [0.25, 0.3) is 0 Å². The molecule has 3 rings (SSSR count). The Balaban J connectivity index is 1.72. The summed E-state index contributed by atoms with van der Waals surface area (Å²) in [4.78, 5) is 29.7. The highest BCUT2D eigenvalue weighted by atomic mass is 35.5. The zero-order valence-electron chi connectivity index (χ0n) is 12.0. The van der Waals surface area contributed by atoms with E-state index in [1.54, 1.807) is 11.9 Å². The first-order valence-electron chi connectivity index (χ1n) is 7.06. The third-order valence-electron chi connectivity index (χ3n) is 4.17. The lowest BCUT2D eigenvalue weighted by molar-refractivity contribution is -0.158. The second kappa shape index (κ2) is 5.66. The summed E-state index contributed by atoms with van der Waals surface area (Å²) in [6.45, 7) is 2.84. The van der Waals surface area contributed by atoms with E-state index in [0.717, 1.165) is 17.1 Å². The molecule has 2 fully saturated rings. The van der Waals surface area contributed by atoms with Crippen LogP contribution in [0.5, 0.6) is 0 Å². The Labute approximate surface area is 129 Å². The van der Waals surface area contributed by atoms with Gasteiger partial charge < -0.3 is 9.80 Å². The maximum atomic E-state index is 12.2. The highest BCUT2D eigenvalue weighted by Gasteiger charge is 2.41. The minimum Gasteiger partial charge on any atom is -0.335 e. The van der Waals surface area contributed by atoms with Crippen LogP contribution >= 0.6 is 11.6 Å². The number of fused-ring (bicyclic) bond motifs is 1. The lowest BCUT2D eigenvalue weighted by Gasteiger charge is -2.45. The van der Waals surface area contributed by atoms with Crippen molar-refractivity contribution in [2.45, 2.75) is 12.6 Å². The predicted molar refractivity (Wildman–Crippen MR) is 79.9 cm³/mol. The number of rotatable bonds is 2. The Morgan fingerprint density at radius 2 is 2.00 bits per heavy atom. The molecule has 0 radical (unpaired) electrons. The summed E-state index contributed by atoms with van der Waals surface area (Å²) in [6.07, 6.45) is 0. The topological polar surface area (TPSA) is 43.9 Å². The van der Waals surface area contributed by atoms with Gasteiger partial charge in [0, 0.05) is 38.2 Å². The summed E-state index contributed by atoms with van der Waals surface area (Å²) in [5.41, 5.74) is 1.05. The normalized spacial score (nSPS) is 23.4. The van der Waals surface area contributed by atoms with Crippen molar-refractivity contribution in [3.8, 4) is 0 Å². The molecule has 2 heterocycles. The molecule has 2 aliphatic rings. The van der Waals surface area contributed by atoms with Gasteiger partial charge in [-0.3, -0.25) is 14.5 Å². The number of amides is 2. The van der Waals surface area contributed by atoms with Gasteiger partial charge >= 0.3 is 0 Å². The fourth-order valence-electron chi connectivity index (χ4n) is 2.99. The average molecular weight is 308 g/mol. The highest BCUT2D eigenvalue weighted by Crippen LogP contribution is 2.21. The molecule has 2 aliphatic heterocycles. The van der Waals surface area contributed by atoms with Gasteiger partial charge in [0.2, 0.25) is 11.8 Å². The minimum atomic E-state index is -0.354. The predicted octanol–water partition coefficient (Wildman–Crippen LogP) is 0.825. The van der Waals surface area contributed by atoms with Crippen LogP contribution in [0.1, 0.15) is 5.56 Å². The van der Waals surface area contributed by atoms with Gasteiger partial charge in [0.05, 0.1) is 6.54 Å². The minimum absolute atomic E-state index is 0.0264. The van der Waals surface area contributed by atoms with E-state index >= 15 is 0 Å². The SMILES string of the molecule is CN1CC(=O)N2CCN(Cc3ccccc3Cl)C[C@@H]2C1=O. The maximum Gasteiger partial charge on any atom is 0.246 e. The van der Waals surface area contributed by atoms with Crippen molar-refractivity contribution in [3.63, 3.8) is 0 Å². The Hall–Kier alpha value is -1.59. The molecule has 1 aromatic rings. The van der Waals surface area contributed by atoms with E-state index in [1.807, 2.05) is 24.3 Å². The molecule has 0 N–H and O–H groups in total. The first-order valence-corrected chi connectivity index (χ1v) is 7.44. The van der Waals surface area contributed by atoms with Crippen molar-refractivity contribution >= 4 is 23.4 Å².